The fourth-order valence-corrected chi connectivity index (χ4v) is 3.81. The SMILES string of the molecule is CCOC(=O)c1ccc(S(=O)(=O)NC2CCCNC2C)cc1.Cl. The van der Waals surface area contributed by atoms with E-state index < -0.39 is 16.0 Å². The minimum Gasteiger partial charge on any atom is -0.462 e. The van der Waals surface area contributed by atoms with Gasteiger partial charge in [0.1, 0.15) is 0 Å². The second-order valence-corrected chi connectivity index (χ2v) is 7.07. The average Bonchev–Trinajstić information content (AvgIpc) is 2.50. The first-order chi connectivity index (χ1) is 10.4. The second kappa shape index (κ2) is 8.63. The molecule has 0 amide bonds. The maximum atomic E-state index is 12.4. The van der Waals surface area contributed by atoms with Crippen LogP contribution in [-0.2, 0) is 14.8 Å². The van der Waals surface area contributed by atoms with Gasteiger partial charge in [-0.15, -0.1) is 12.4 Å². The number of hydrogen-bond acceptors (Lipinski definition) is 5. The third-order valence-corrected chi connectivity index (χ3v) is 5.25. The van der Waals surface area contributed by atoms with Crippen LogP contribution in [0.5, 0.6) is 0 Å². The lowest BCUT2D eigenvalue weighted by atomic mass is 10.0. The fourth-order valence-electron chi connectivity index (χ4n) is 2.46. The van der Waals surface area contributed by atoms with Gasteiger partial charge in [0.25, 0.3) is 0 Å². The summed E-state index contributed by atoms with van der Waals surface area (Å²) in [7, 11) is -3.59. The van der Waals surface area contributed by atoms with Gasteiger partial charge in [-0.2, -0.15) is 0 Å². The Morgan fingerprint density at radius 2 is 2.00 bits per heavy atom. The molecule has 2 rings (SSSR count). The lowest BCUT2D eigenvalue weighted by Crippen LogP contribution is -2.51. The van der Waals surface area contributed by atoms with Crippen molar-refractivity contribution >= 4 is 28.4 Å². The lowest BCUT2D eigenvalue weighted by Gasteiger charge is -2.30. The first-order valence-electron chi connectivity index (χ1n) is 7.47. The van der Waals surface area contributed by atoms with Gasteiger partial charge in [-0.05, 0) is 57.5 Å². The Balaban J connectivity index is 0.00000264. The van der Waals surface area contributed by atoms with Crippen LogP contribution in [-0.4, -0.2) is 39.6 Å². The predicted octanol–water partition coefficient (Wildman–Crippen LogP) is 1.70. The van der Waals surface area contributed by atoms with Gasteiger partial charge >= 0.3 is 5.97 Å². The van der Waals surface area contributed by atoms with E-state index in [0.717, 1.165) is 19.4 Å². The Morgan fingerprint density at radius 3 is 2.57 bits per heavy atom. The Kier molecular flexibility index (Phi) is 7.47. The van der Waals surface area contributed by atoms with Gasteiger partial charge in [0, 0.05) is 12.1 Å². The normalized spacial score (nSPS) is 21.3. The van der Waals surface area contributed by atoms with Gasteiger partial charge in [0.2, 0.25) is 10.0 Å². The van der Waals surface area contributed by atoms with Crippen molar-refractivity contribution in [3.8, 4) is 0 Å². The molecule has 23 heavy (non-hydrogen) atoms. The number of ether oxygens (including phenoxy) is 1. The molecule has 0 aliphatic carbocycles. The summed E-state index contributed by atoms with van der Waals surface area (Å²) in [6.07, 6.45) is 1.76. The van der Waals surface area contributed by atoms with E-state index in [1.54, 1.807) is 6.92 Å². The van der Waals surface area contributed by atoms with Crippen LogP contribution >= 0.6 is 12.4 Å². The predicted molar refractivity (Wildman–Crippen MR) is 90.5 cm³/mol. The van der Waals surface area contributed by atoms with Crippen molar-refractivity contribution < 1.29 is 17.9 Å². The van der Waals surface area contributed by atoms with Crippen LogP contribution in [0.4, 0.5) is 0 Å². The summed E-state index contributed by atoms with van der Waals surface area (Å²) in [6, 6.07) is 5.76. The van der Waals surface area contributed by atoms with E-state index in [1.165, 1.54) is 24.3 Å². The standard InChI is InChI=1S/C15H22N2O4S.ClH/c1-3-21-15(18)12-6-8-13(9-7-12)22(19,20)17-14-5-4-10-16-11(14)2;/h6-9,11,14,16-17H,3-5,10H2,1-2H3;1H. The Labute approximate surface area is 143 Å². The van der Waals surface area contributed by atoms with Crippen LogP contribution in [0.2, 0.25) is 0 Å². The largest absolute Gasteiger partial charge is 0.462 e. The number of halogens is 1. The zero-order valence-corrected chi connectivity index (χ0v) is 14.9. The van der Waals surface area contributed by atoms with E-state index in [1.807, 2.05) is 6.92 Å². The van der Waals surface area contributed by atoms with E-state index in [0.29, 0.717) is 5.56 Å². The van der Waals surface area contributed by atoms with Crippen molar-refractivity contribution in [3.63, 3.8) is 0 Å². The average molecular weight is 363 g/mol. The van der Waals surface area contributed by atoms with Crippen LogP contribution in [0.15, 0.2) is 29.2 Å². The zero-order chi connectivity index (χ0) is 16.2. The van der Waals surface area contributed by atoms with Crippen LogP contribution in [0, 0.1) is 0 Å². The van der Waals surface area contributed by atoms with Crippen molar-refractivity contribution in [1.82, 2.24) is 10.0 Å². The van der Waals surface area contributed by atoms with Crippen molar-refractivity contribution in [3.05, 3.63) is 29.8 Å². The second-order valence-electron chi connectivity index (χ2n) is 5.36. The van der Waals surface area contributed by atoms with Crippen LogP contribution in [0.1, 0.15) is 37.0 Å². The molecule has 6 nitrogen and oxygen atoms in total. The molecule has 0 spiro atoms. The van der Waals surface area contributed by atoms with E-state index in [9.17, 15) is 13.2 Å². The smallest absolute Gasteiger partial charge is 0.338 e. The van der Waals surface area contributed by atoms with Crippen molar-refractivity contribution in [2.45, 2.75) is 43.7 Å². The molecule has 2 unspecified atom stereocenters. The molecule has 8 heteroatoms. The summed E-state index contributed by atoms with van der Waals surface area (Å²) in [5.74, 6) is -0.454. The number of piperidine rings is 1. The third-order valence-electron chi connectivity index (χ3n) is 3.74. The highest BCUT2D eigenvalue weighted by atomic mass is 35.5. The summed E-state index contributed by atoms with van der Waals surface area (Å²) in [4.78, 5) is 11.7. The molecule has 1 aromatic carbocycles. The Bertz CT molecular complexity index is 619. The number of nitrogens with one attached hydrogen (secondary N) is 2. The summed E-state index contributed by atoms with van der Waals surface area (Å²) >= 11 is 0. The zero-order valence-electron chi connectivity index (χ0n) is 13.2. The molecule has 1 aliphatic heterocycles. The molecule has 130 valence electrons. The number of esters is 1. The number of sulfonamides is 1. The Hall–Kier alpha value is -1.15. The van der Waals surface area contributed by atoms with Crippen LogP contribution in [0.3, 0.4) is 0 Å². The highest BCUT2D eigenvalue weighted by Gasteiger charge is 2.26. The summed E-state index contributed by atoms with van der Waals surface area (Å²) in [5, 5.41) is 3.26. The molecule has 1 heterocycles. The molecule has 1 aromatic rings. The fraction of sp³-hybridized carbons (Fsp3) is 0.533. The van der Waals surface area contributed by atoms with E-state index in [-0.39, 0.29) is 36.0 Å². The summed E-state index contributed by atoms with van der Waals surface area (Å²) in [6.45, 7) is 4.89. The molecule has 1 fully saturated rings. The number of carbonyl (C=O) groups excluding carboxylic acids is 1. The maximum absolute atomic E-state index is 12.4. The number of rotatable bonds is 5. The molecule has 0 bridgehead atoms. The molecule has 2 N–H and O–H groups in total. The molecular formula is C15H23ClN2O4S. The molecule has 0 radical (unpaired) electrons. The van der Waals surface area contributed by atoms with Gasteiger partial charge < -0.3 is 10.1 Å². The van der Waals surface area contributed by atoms with Gasteiger partial charge in [0.15, 0.2) is 0 Å². The number of hydrogen-bond donors (Lipinski definition) is 2. The minimum atomic E-state index is -3.59. The van der Waals surface area contributed by atoms with Gasteiger partial charge in [-0.25, -0.2) is 17.9 Å². The van der Waals surface area contributed by atoms with Crippen molar-refractivity contribution in [1.29, 1.82) is 0 Å². The van der Waals surface area contributed by atoms with Crippen LogP contribution in [0.25, 0.3) is 0 Å². The molecule has 2 atom stereocenters. The molecule has 1 aliphatic rings. The highest BCUT2D eigenvalue weighted by molar-refractivity contribution is 7.89. The van der Waals surface area contributed by atoms with Gasteiger partial charge in [0.05, 0.1) is 17.1 Å². The quantitative estimate of drug-likeness (QED) is 0.779. The Morgan fingerprint density at radius 1 is 1.35 bits per heavy atom. The van der Waals surface area contributed by atoms with E-state index in [2.05, 4.69) is 10.0 Å². The van der Waals surface area contributed by atoms with E-state index >= 15 is 0 Å². The number of benzene rings is 1. The van der Waals surface area contributed by atoms with Gasteiger partial charge in [-0.1, -0.05) is 0 Å². The first-order valence-corrected chi connectivity index (χ1v) is 8.95. The monoisotopic (exact) mass is 362 g/mol. The highest BCUT2D eigenvalue weighted by Crippen LogP contribution is 2.15. The first kappa shape index (κ1) is 19.9. The maximum Gasteiger partial charge on any atom is 0.338 e. The number of carbonyl (C=O) groups is 1. The summed E-state index contributed by atoms with van der Waals surface area (Å²) < 4.78 is 32.4. The van der Waals surface area contributed by atoms with Crippen molar-refractivity contribution in [2.24, 2.45) is 0 Å². The molecule has 1 saturated heterocycles. The molecular weight excluding hydrogens is 340 g/mol. The minimum absolute atomic E-state index is 0. The third kappa shape index (κ3) is 5.17. The topological polar surface area (TPSA) is 84.5 Å². The lowest BCUT2D eigenvalue weighted by molar-refractivity contribution is 0.0526. The molecule has 0 aromatic heterocycles. The molecule has 0 saturated carbocycles. The van der Waals surface area contributed by atoms with Gasteiger partial charge in [-0.3, -0.25) is 0 Å². The van der Waals surface area contributed by atoms with Crippen LogP contribution < -0.4 is 10.0 Å². The van der Waals surface area contributed by atoms with Crippen molar-refractivity contribution in [2.75, 3.05) is 13.2 Å². The summed E-state index contributed by atoms with van der Waals surface area (Å²) in [5.41, 5.74) is 0.341. The van der Waals surface area contributed by atoms with E-state index in [4.69, 9.17) is 4.74 Å².